The largest absolute Gasteiger partial charge is 0.479 e. The van der Waals surface area contributed by atoms with Gasteiger partial charge in [-0.05, 0) is 50.2 Å². The van der Waals surface area contributed by atoms with Gasteiger partial charge in [0.05, 0.1) is 0 Å². The second kappa shape index (κ2) is 7.13. The van der Waals surface area contributed by atoms with E-state index in [0.29, 0.717) is 0 Å². The van der Waals surface area contributed by atoms with Crippen molar-refractivity contribution in [3.05, 3.63) is 29.8 Å². The topological polar surface area (TPSA) is 48.3 Å². The van der Waals surface area contributed by atoms with Gasteiger partial charge in [-0.15, -0.1) is 0 Å². The number of hydrogen-bond donors (Lipinski definition) is 1. The molecule has 1 atom stereocenters. The molecule has 0 amide bonds. The van der Waals surface area contributed by atoms with Gasteiger partial charge < -0.3 is 15.0 Å². The molecule has 0 saturated carbocycles. The molecule has 1 unspecified atom stereocenters. The number of ether oxygens (including phenoxy) is 1. The van der Waals surface area contributed by atoms with Crippen molar-refractivity contribution in [2.75, 3.05) is 33.3 Å². The molecular formula is C15H21N3O. The van der Waals surface area contributed by atoms with E-state index >= 15 is 0 Å². The molecule has 102 valence electrons. The van der Waals surface area contributed by atoms with Crippen molar-refractivity contribution >= 4 is 0 Å². The lowest BCUT2D eigenvalue weighted by molar-refractivity contribution is 0.367. The third-order valence-electron chi connectivity index (χ3n) is 3.45. The Hall–Kier alpha value is -1.57. The Bertz CT molecular complexity index is 441. The molecule has 0 radical (unpaired) electrons. The molecular weight excluding hydrogens is 238 g/mol. The number of rotatable bonds is 6. The lowest BCUT2D eigenvalue weighted by atomic mass is 10.1. The van der Waals surface area contributed by atoms with Crippen LogP contribution in [0.15, 0.2) is 24.3 Å². The third-order valence-corrected chi connectivity index (χ3v) is 3.45. The van der Waals surface area contributed by atoms with E-state index < -0.39 is 0 Å². The van der Waals surface area contributed by atoms with Gasteiger partial charge >= 0.3 is 0 Å². The molecule has 1 aliphatic heterocycles. The summed E-state index contributed by atoms with van der Waals surface area (Å²) in [5, 5.41) is 12.0. The van der Waals surface area contributed by atoms with Gasteiger partial charge in [-0.25, -0.2) is 0 Å². The van der Waals surface area contributed by atoms with E-state index in [2.05, 4.69) is 23.3 Å². The van der Waals surface area contributed by atoms with Crippen LogP contribution < -0.4 is 10.1 Å². The van der Waals surface area contributed by atoms with Crippen molar-refractivity contribution in [3.8, 4) is 11.8 Å². The minimum absolute atomic E-state index is 0.102. The Morgan fingerprint density at radius 2 is 2.42 bits per heavy atom. The molecule has 0 spiro atoms. The first-order valence-corrected chi connectivity index (χ1v) is 6.76. The fourth-order valence-corrected chi connectivity index (χ4v) is 2.47. The summed E-state index contributed by atoms with van der Waals surface area (Å²) in [4.78, 5) is 2.38. The number of likely N-dealkylation sites (tertiary alicyclic amines) is 1. The maximum Gasteiger partial charge on any atom is 0.174 e. The zero-order valence-electron chi connectivity index (χ0n) is 11.4. The summed E-state index contributed by atoms with van der Waals surface area (Å²) in [6.07, 6.45) is 1.29. The van der Waals surface area contributed by atoms with Gasteiger partial charge in [0, 0.05) is 13.1 Å². The monoisotopic (exact) mass is 259 g/mol. The molecule has 1 aromatic carbocycles. The predicted molar refractivity (Wildman–Crippen MR) is 74.9 cm³/mol. The number of nitrogens with zero attached hydrogens (tertiary/aromatic N) is 2. The molecule has 1 saturated heterocycles. The molecule has 4 nitrogen and oxygen atoms in total. The number of hydrogen-bond acceptors (Lipinski definition) is 4. The summed E-state index contributed by atoms with van der Waals surface area (Å²) in [7, 11) is 2.18. The van der Waals surface area contributed by atoms with E-state index in [1.807, 2.05) is 24.3 Å². The van der Waals surface area contributed by atoms with Crippen LogP contribution in [0, 0.1) is 17.2 Å². The van der Waals surface area contributed by atoms with E-state index in [0.717, 1.165) is 24.8 Å². The van der Waals surface area contributed by atoms with Crippen molar-refractivity contribution in [2.45, 2.75) is 13.0 Å². The van der Waals surface area contributed by atoms with Crippen molar-refractivity contribution < 1.29 is 4.74 Å². The van der Waals surface area contributed by atoms with Crippen LogP contribution in [-0.2, 0) is 6.54 Å². The average molecular weight is 259 g/mol. The zero-order chi connectivity index (χ0) is 13.5. The minimum atomic E-state index is 0.102. The number of nitrogens with one attached hydrogen (secondary N) is 1. The minimum Gasteiger partial charge on any atom is -0.479 e. The third kappa shape index (κ3) is 4.55. The van der Waals surface area contributed by atoms with Crippen molar-refractivity contribution in [3.63, 3.8) is 0 Å². The summed E-state index contributed by atoms with van der Waals surface area (Å²) in [6, 6.07) is 9.89. The molecule has 1 fully saturated rings. The van der Waals surface area contributed by atoms with Gasteiger partial charge in [-0.3, -0.25) is 0 Å². The summed E-state index contributed by atoms with van der Waals surface area (Å²) >= 11 is 0. The second-order valence-electron chi connectivity index (χ2n) is 5.14. The molecule has 1 aromatic rings. The molecule has 1 aliphatic rings. The van der Waals surface area contributed by atoms with E-state index in [9.17, 15) is 0 Å². The lowest BCUT2D eigenvalue weighted by Gasteiger charge is -2.12. The van der Waals surface area contributed by atoms with E-state index in [4.69, 9.17) is 10.00 Å². The highest BCUT2D eigenvalue weighted by Crippen LogP contribution is 2.15. The lowest BCUT2D eigenvalue weighted by Crippen LogP contribution is -2.24. The molecule has 0 bridgehead atoms. The van der Waals surface area contributed by atoms with Crippen LogP contribution in [0.3, 0.4) is 0 Å². The zero-order valence-corrected chi connectivity index (χ0v) is 11.4. The van der Waals surface area contributed by atoms with Crippen molar-refractivity contribution in [1.82, 2.24) is 10.2 Å². The van der Waals surface area contributed by atoms with Gasteiger partial charge in [0.25, 0.3) is 0 Å². The van der Waals surface area contributed by atoms with Gasteiger partial charge in [0.1, 0.15) is 11.8 Å². The average Bonchev–Trinajstić information content (AvgIpc) is 2.83. The second-order valence-corrected chi connectivity index (χ2v) is 5.14. The molecule has 19 heavy (non-hydrogen) atoms. The molecule has 1 N–H and O–H groups in total. The highest BCUT2D eigenvalue weighted by atomic mass is 16.5. The SMILES string of the molecule is CN1CCC(CNCc2cccc(OCC#N)c2)C1. The highest BCUT2D eigenvalue weighted by molar-refractivity contribution is 5.28. The highest BCUT2D eigenvalue weighted by Gasteiger charge is 2.18. The van der Waals surface area contributed by atoms with Crippen LogP contribution in [0.25, 0.3) is 0 Å². The fourth-order valence-electron chi connectivity index (χ4n) is 2.47. The van der Waals surface area contributed by atoms with Crippen molar-refractivity contribution in [2.24, 2.45) is 5.92 Å². The molecule has 0 aromatic heterocycles. The Kier molecular flexibility index (Phi) is 5.20. The number of benzene rings is 1. The first-order chi connectivity index (χ1) is 9.28. The van der Waals surface area contributed by atoms with Gasteiger partial charge in [0.2, 0.25) is 0 Å². The van der Waals surface area contributed by atoms with Crippen LogP contribution in [0.5, 0.6) is 5.75 Å². The quantitative estimate of drug-likeness (QED) is 0.843. The Morgan fingerprint density at radius 1 is 1.53 bits per heavy atom. The molecule has 4 heteroatoms. The normalized spacial score (nSPS) is 19.3. The van der Waals surface area contributed by atoms with E-state index in [1.54, 1.807) is 0 Å². The van der Waals surface area contributed by atoms with Crippen LogP contribution in [0.2, 0.25) is 0 Å². The summed E-state index contributed by atoms with van der Waals surface area (Å²) in [5.74, 6) is 1.53. The molecule has 0 aliphatic carbocycles. The Balaban J connectivity index is 1.74. The van der Waals surface area contributed by atoms with Gasteiger partial charge in [-0.2, -0.15) is 5.26 Å². The van der Waals surface area contributed by atoms with E-state index in [1.165, 1.54) is 25.1 Å². The van der Waals surface area contributed by atoms with Crippen LogP contribution in [0.1, 0.15) is 12.0 Å². The Labute approximate surface area is 115 Å². The number of nitriles is 1. The molecule has 1 heterocycles. The fraction of sp³-hybridized carbons (Fsp3) is 0.533. The summed E-state index contributed by atoms with van der Waals surface area (Å²) in [6.45, 7) is 4.42. The van der Waals surface area contributed by atoms with Crippen LogP contribution in [0.4, 0.5) is 0 Å². The summed E-state index contributed by atoms with van der Waals surface area (Å²) < 4.78 is 5.29. The van der Waals surface area contributed by atoms with Gasteiger partial charge in [-0.1, -0.05) is 12.1 Å². The Morgan fingerprint density at radius 3 is 3.16 bits per heavy atom. The standard InChI is InChI=1S/C15H21N3O/c1-18-7-5-14(12-18)11-17-10-13-3-2-4-15(9-13)19-8-6-16/h2-4,9,14,17H,5,7-8,10-12H2,1H3. The smallest absolute Gasteiger partial charge is 0.174 e. The first-order valence-electron chi connectivity index (χ1n) is 6.76. The van der Waals surface area contributed by atoms with Crippen LogP contribution in [-0.4, -0.2) is 38.2 Å². The molecule has 2 rings (SSSR count). The van der Waals surface area contributed by atoms with Gasteiger partial charge in [0.15, 0.2) is 6.61 Å². The first kappa shape index (κ1) is 13.9. The maximum absolute atomic E-state index is 8.49. The summed E-state index contributed by atoms with van der Waals surface area (Å²) in [5.41, 5.74) is 1.20. The van der Waals surface area contributed by atoms with E-state index in [-0.39, 0.29) is 6.61 Å². The maximum atomic E-state index is 8.49. The predicted octanol–water partition coefficient (Wildman–Crippen LogP) is 1.63. The van der Waals surface area contributed by atoms with Crippen molar-refractivity contribution in [1.29, 1.82) is 5.26 Å². The van der Waals surface area contributed by atoms with Crippen LogP contribution >= 0.6 is 0 Å².